The normalized spacial score (nSPS) is 10.7. The fourth-order valence-corrected chi connectivity index (χ4v) is 4.19. The molecule has 9 heteroatoms. The summed E-state index contributed by atoms with van der Waals surface area (Å²) in [5.74, 6) is 0.719. The Balaban J connectivity index is 1.38. The van der Waals surface area contributed by atoms with E-state index < -0.39 is 5.91 Å². The third kappa shape index (κ3) is 8.94. The molecule has 0 unspecified atom stereocenters. The molecule has 4 aromatic rings. The molecule has 0 atom stereocenters. The molecule has 0 aromatic heterocycles. The molecule has 0 saturated heterocycles. The molecule has 4 aromatic carbocycles. The number of anilines is 1. The Morgan fingerprint density at radius 2 is 1.66 bits per heavy atom. The molecule has 0 aliphatic rings. The number of benzene rings is 4. The summed E-state index contributed by atoms with van der Waals surface area (Å²) in [5.41, 5.74) is 6.22. The van der Waals surface area contributed by atoms with Gasteiger partial charge in [-0.3, -0.25) is 9.59 Å². The lowest BCUT2D eigenvalue weighted by atomic mass is 10.2. The number of carbonyl (C=O) groups is 2. The van der Waals surface area contributed by atoms with Crippen LogP contribution in [0.2, 0.25) is 0 Å². The topological polar surface area (TPSA) is 98.3 Å². The molecule has 41 heavy (non-hydrogen) atoms. The number of hydrogen-bond donors (Lipinski definition) is 2. The van der Waals surface area contributed by atoms with Gasteiger partial charge in [0.1, 0.15) is 12.4 Å². The van der Waals surface area contributed by atoms with Crippen molar-refractivity contribution >= 4 is 39.6 Å². The Morgan fingerprint density at radius 1 is 0.854 bits per heavy atom. The highest BCUT2D eigenvalue weighted by molar-refractivity contribution is 9.10. The van der Waals surface area contributed by atoms with E-state index in [-0.39, 0.29) is 12.5 Å². The van der Waals surface area contributed by atoms with Crippen LogP contribution >= 0.6 is 15.9 Å². The first-order valence-electron chi connectivity index (χ1n) is 13.0. The van der Waals surface area contributed by atoms with Crippen LogP contribution in [0.15, 0.2) is 101 Å². The first kappa shape index (κ1) is 29.4. The third-order valence-electron chi connectivity index (χ3n) is 5.75. The molecule has 210 valence electrons. The Labute approximate surface area is 247 Å². The van der Waals surface area contributed by atoms with Gasteiger partial charge in [-0.05, 0) is 73.5 Å². The highest BCUT2D eigenvalue weighted by Crippen LogP contribution is 2.29. The predicted octanol–water partition coefficient (Wildman–Crippen LogP) is 6.52. The minimum absolute atomic E-state index is 0.193. The highest BCUT2D eigenvalue weighted by atomic mass is 79.9. The molecule has 0 aliphatic carbocycles. The second-order valence-corrected chi connectivity index (χ2v) is 9.87. The molecule has 0 fully saturated rings. The lowest BCUT2D eigenvalue weighted by molar-refractivity contribution is -0.118. The van der Waals surface area contributed by atoms with Gasteiger partial charge in [-0.1, -0.05) is 58.4 Å². The Bertz CT molecular complexity index is 1530. The van der Waals surface area contributed by atoms with E-state index in [0.29, 0.717) is 47.3 Å². The summed E-state index contributed by atoms with van der Waals surface area (Å²) in [6.45, 7) is 4.41. The van der Waals surface area contributed by atoms with Crippen molar-refractivity contribution in [3.8, 4) is 17.2 Å². The van der Waals surface area contributed by atoms with E-state index in [0.717, 1.165) is 15.6 Å². The van der Waals surface area contributed by atoms with Gasteiger partial charge >= 0.3 is 0 Å². The van der Waals surface area contributed by atoms with Crippen molar-refractivity contribution in [1.29, 1.82) is 0 Å². The van der Waals surface area contributed by atoms with E-state index in [1.807, 2.05) is 68.4 Å². The summed E-state index contributed by atoms with van der Waals surface area (Å²) in [4.78, 5) is 25.2. The standard InChI is InChI=1S/C32H30BrN3O5/c1-3-39-30-18-24(12-14-29(30)40-20-23-9-5-4-6-10-23)32(38)36-34-19-25-17-26(33)13-15-28(25)41-21-31(37)35-27-11-7-8-22(2)16-27/h4-19H,3,20-21H2,1-2H3,(H,35,37)(H,36,38)/b34-19+. The summed E-state index contributed by atoms with van der Waals surface area (Å²) in [7, 11) is 0. The maximum atomic E-state index is 12.8. The molecule has 0 saturated carbocycles. The zero-order valence-electron chi connectivity index (χ0n) is 22.7. The number of nitrogens with one attached hydrogen (secondary N) is 2. The van der Waals surface area contributed by atoms with Crippen molar-refractivity contribution < 1.29 is 23.8 Å². The monoisotopic (exact) mass is 615 g/mol. The van der Waals surface area contributed by atoms with Crippen LogP contribution in [0.5, 0.6) is 17.2 Å². The van der Waals surface area contributed by atoms with E-state index in [9.17, 15) is 9.59 Å². The molecular formula is C32H30BrN3O5. The predicted molar refractivity (Wildman–Crippen MR) is 163 cm³/mol. The summed E-state index contributed by atoms with van der Waals surface area (Å²) in [6, 6.07) is 27.6. The number of nitrogens with zero attached hydrogens (tertiary/aromatic N) is 1. The van der Waals surface area contributed by atoms with Crippen LogP contribution in [-0.2, 0) is 11.4 Å². The lowest BCUT2D eigenvalue weighted by Gasteiger charge is -2.13. The third-order valence-corrected chi connectivity index (χ3v) is 6.24. The van der Waals surface area contributed by atoms with E-state index in [1.165, 1.54) is 6.21 Å². The van der Waals surface area contributed by atoms with Gasteiger partial charge in [0.25, 0.3) is 11.8 Å². The quantitative estimate of drug-likeness (QED) is 0.140. The average Bonchev–Trinajstić information content (AvgIpc) is 2.96. The molecule has 2 amide bonds. The van der Waals surface area contributed by atoms with Crippen LogP contribution in [0.3, 0.4) is 0 Å². The van der Waals surface area contributed by atoms with Crippen LogP contribution in [0.1, 0.15) is 34.0 Å². The van der Waals surface area contributed by atoms with E-state index in [1.54, 1.807) is 36.4 Å². The number of rotatable bonds is 12. The van der Waals surface area contributed by atoms with Gasteiger partial charge in [0.2, 0.25) is 0 Å². The Morgan fingerprint density at radius 3 is 2.44 bits per heavy atom. The maximum absolute atomic E-state index is 12.8. The summed E-state index contributed by atoms with van der Waals surface area (Å²) >= 11 is 3.43. The molecule has 0 spiro atoms. The van der Waals surface area contributed by atoms with Crippen LogP contribution in [0.4, 0.5) is 5.69 Å². The van der Waals surface area contributed by atoms with Gasteiger partial charge in [-0.25, -0.2) is 5.43 Å². The summed E-state index contributed by atoms with van der Waals surface area (Å²) < 4.78 is 18.2. The molecule has 8 nitrogen and oxygen atoms in total. The molecule has 0 heterocycles. The number of carbonyl (C=O) groups excluding carboxylic acids is 2. The molecule has 0 aliphatic heterocycles. The molecule has 2 N–H and O–H groups in total. The summed E-state index contributed by atoms with van der Waals surface area (Å²) in [5, 5.41) is 6.91. The second kappa shape index (κ2) is 14.7. The van der Waals surface area contributed by atoms with Gasteiger partial charge < -0.3 is 19.5 Å². The smallest absolute Gasteiger partial charge is 0.271 e. The van der Waals surface area contributed by atoms with E-state index in [4.69, 9.17) is 14.2 Å². The zero-order valence-corrected chi connectivity index (χ0v) is 24.3. The number of amides is 2. The van der Waals surface area contributed by atoms with Crippen molar-refractivity contribution in [3.05, 3.63) is 118 Å². The fraction of sp³-hybridized carbons (Fsp3) is 0.156. The summed E-state index contributed by atoms with van der Waals surface area (Å²) in [6.07, 6.45) is 1.46. The fourth-order valence-electron chi connectivity index (χ4n) is 3.81. The first-order valence-corrected chi connectivity index (χ1v) is 13.8. The number of hydrogen-bond acceptors (Lipinski definition) is 6. The number of halogens is 1. The van der Waals surface area contributed by atoms with E-state index >= 15 is 0 Å². The minimum atomic E-state index is -0.424. The molecule has 4 rings (SSSR count). The Kier molecular flexibility index (Phi) is 10.5. The first-order chi connectivity index (χ1) is 19.9. The average molecular weight is 617 g/mol. The SMILES string of the molecule is CCOc1cc(C(=O)N/N=C/c2cc(Br)ccc2OCC(=O)Nc2cccc(C)c2)ccc1OCc1ccccc1. The van der Waals surface area contributed by atoms with Crippen molar-refractivity contribution in [2.24, 2.45) is 5.10 Å². The molecule has 0 radical (unpaired) electrons. The number of aryl methyl sites for hydroxylation is 1. The van der Waals surface area contributed by atoms with Gasteiger partial charge in [0.05, 0.1) is 12.8 Å². The number of ether oxygens (including phenoxy) is 3. The second-order valence-electron chi connectivity index (χ2n) is 8.96. The van der Waals surface area contributed by atoms with Gasteiger partial charge in [-0.15, -0.1) is 0 Å². The van der Waals surface area contributed by atoms with Crippen molar-refractivity contribution in [1.82, 2.24) is 5.43 Å². The van der Waals surface area contributed by atoms with Crippen molar-refractivity contribution in [2.45, 2.75) is 20.5 Å². The van der Waals surface area contributed by atoms with Gasteiger partial charge in [0.15, 0.2) is 18.1 Å². The largest absolute Gasteiger partial charge is 0.490 e. The van der Waals surface area contributed by atoms with Crippen molar-refractivity contribution in [3.63, 3.8) is 0 Å². The minimum Gasteiger partial charge on any atom is -0.490 e. The van der Waals surface area contributed by atoms with Crippen LogP contribution in [0, 0.1) is 6.92 Å². The zero-order chi connectivity index (χ0) is 29.0. The van der Waals surface area contributed by atoms with Gasteiger partial charge in [-0.2, -0.15) is 5.10 Å². The Hall–Kier alpha value is -4.63. The highest BCUT2D eigenvalue weighted by Gasteiger charge is 2.12. The van der Waals surface area contributed by atoms with Crippen LogP contribution < -0.4 is 25.0 Å². The molecule has 0 bridgehead atoms. The molecular weight excluding hydrogens is 586 g/mol. The lowest BCUT2D eigenvalue weighted by Crippen LogP contribution is -2.20. The van der Waals surface area contributed by atoms with Crippen LogP contribution in [-0.4, -0.2) is 31.2 Å². The number of hydrazone groups is 1. The van der Waals surface area contributed by atoms with Crippen molar-refractivity contribution in [2.75, 3.05) is 18.5 Å². The maximum Gasteiger partial charge on any atom is 0.271 e. The van der Waals surface area contributed by atoms with Crippen LogP contribution in [0.25, 0.3) is 0 Å². The van der Waals surface area contributed by atoms with E-state index in [2.05, 4.69) is 31.8 Å². The van der Waals surface area contributed by atoms with Gasteiger partial charge in [0, 0.05) is 21.3 Å².